The van der Waals surface area contributed by atoms with Crippen LogP contribution >= 0.6 is 0 Å². The number of aliphatic carboxylic acids is 1. The van der Waals surface area contributed by atoms with E-state index >= 15 is 0 Å². The van der Waals surface area contributed by atoms with Crippen LogP contribution in [0.4, 0.5) is 4.79 Å². The van der Waals surface area contributed by atoms with Crippen LogP contribution in [0.25, 0.3) is 0 Å². The lowest BCUT2D eigenvalue weighted by Gasteiger charge is -2.24. The van der Waals surface area contributed by atoms with E-state index in [0.29, 0.717) is 6.54 Å². The van der Waals surface area contributed by atoms with E-state index in [1.54, 1.807) is 20.8 Å². The molecule has 0 bridgehead atoms. The second kappa shape index (κ2) is 5.35. The highest BCUT2D eigenvalue weighted by Crippen LogP contribution is 2.14. The predicted octanol–water partition coefficient (Wildman–Crippen LogP) is 0.574. The minimum Gasteiger partial charge on any atom is -0.480 e. The van der Waals surface area contributed by atoms with E-state index in [1.165, 1.54) is 0 Å². The monoisotopic (exact) mass is 244 g/mol. The SMILES string of the molecule is CC(C)(C)OC(=O)N[C@H](C(=O)O)[C@@H]1CCNC1. The van der Waals surface area contributed by atoms with Gasteiger partial charge >= 0.3 is 12.1 Å². The molecule has 6 nitrogen and oxygen atoms in total. The van der Waals surface area contributed by atoms with E-state index in [4.69, 9.17) is 9.84 Å². The Kier molecular flexibility index (Phi) is 4.34. The topological polar surface area (TPSA) is 87.7 Å². The normalized spacial score (nSPS) is 21.9. The van der Waals surface area contributed by atoms with Crippen molar-refractivity contribution in [3.63, 3.8) is 0 Å². The fourth-order valence-corrected chi connectivity index (χ4v) is 1.78. The number of hydrogen-bond acceptors (Lipinski definition) is 4. The third-order valence-electron chi connectivity index (χ3n) is 2.51. The maximum Gasteiger partial charge on any atom is 0.408 e. The number of rotatable bonds is 3. The highest BCUT2D eigenvalue weighted by Gasteiger charge is 2.33. The van der Waals surface area contributed by atoms with Crippen LogP contribution in [-0.4, -0.2) is 41.9 Å². The first-order valence-corrected chi connectivity index (χ1v) is 5.72. The van der Waals surface area contributed by atoms with E-state index in [1.807, 2.05) is 0 Å². The second-order valence-electron chi connectivity index (χ2n) is 5.22. The van der Waals surface area contributed by atoms with Crippen LogP contribution in [0.15, 0.2) is 0 Å². The number of carbonyl (C=O) groups excluding carboxylic acids is 1. The third-order valence-corrected chi connectivity index (χ3v) is 2.51. The van der Waals surface area contributed by atoms with E-state index in [9.17, 15) is 9.59 Å². The smallest absolute Gasteiger partial charge is 0.408 e. The summed E-state index contributed by atoms with van der Waals surface area (Å²) in [7, 11) is 0. The molecule has 1 rings (SSSR count). The van der Waals surface area contributed by atoms with Crippen molar-refractivity contribution in [2.75, 3.05) is 13.1 Å². The maximum atomic E-state index is 11.5. The van der Waals surface area contributed by atoms with Crippen LogP contribution in [0.1, 0.15) is 27.2 Å². The van der Waals surface area contributed by atoms with Gasteiger partial charge in [0.2, 0.25) is 0 Å². The second-order valence-corrected chi connectivity index (χ2v) is 5.22. The average Bonchev–Trinajstić information content (AvgIpc) is 2.63. The van der Waals surface area contributed by atoms with E-state index in [-0.39, 0.29) is 5.92 Å². The number of amides is 1. The molecule has 0 aromatic rings. The third kappa shape index (κ3) is 4.60. The molecule has 1 fully saturated rings. The molecule has 0 unspecified atom stereocenters. The Labute approximate surface area is 101 Å². The van der Waals surface area contributed by atoms with E-state index < -0.39 is 23.7 Å². The molecule has 1 aliphatic rings. The fraction of sp³-hybridized carbons (Fsp3) is 0.818. The molecule has 0 aliphatic carbocycles. The zero-order valence-electron chi connectivity index (χ0n) is 10.4. The molecule has 1 saturated heterocycles. The molecule has 17 heavy (non-hydrogen) atoms. The summed E-state index contributed by atoms with van der Waals surface area (Å²) in [5, 5.41) is 14.6. The van der Waals surface area contributed by atoms with Gasteiger partial charge in [-0.05, 0) is 33.7 Å². The number of ether oxygens (including phenoxy) is 1. The first-order valence-electron chi connectivity index (χ1n) is 5.72. The Balaban J connectivity index is 2.55. The lowest BCUT2D eigenvalue weighted by atomic mass is 9.99. The van der Waals surface area contributed by atoms with Gasteiger partial charge in [0.05, 0.1) is 0 Å². The molecular weight excluding hydrogens is 224 g/mol. The van der Waals surface area contributed by atoms with Crippen molar-refractivity contribution in [3.05, 3.63) is 0 Å². The number of alkyl carbamates (subject to hydrolysis) is 1. The quantitative estimate of drug-likeness (QED) is 0.675. The van der Waals surface area contributed by atoms with Crippen LogP contribution < -0.4 is 10.6 Å². The number of carbonyl (C=O) groups is 2. The summed E-state index contributed by atoms with van der Waals surface area (Å²) in [4.78, 5) is 22.6. The van der Waals surface area contributed by atoms with E-state index in [0.717, 1.165) is 13.0 Å². The van der Waals surface area contributed by atoms with Crippen molar-refractivity contribution in [2.24, 2.45) is 5.92 Å². The minimum absolute atomic E-state index is 0.0833. The molecular formula is C11H20N2O4. The summed E-state index contributed by atoms with van der Waals surface area (Å²) in [5.41, 5.74) is -0.624. The Morgan fingerprint density at radius 1 is 1.47 bits per heavy atom. The molecule has 1 amide bonds. The molecule has 0 aromatic heterocycles. The first-order chi connectivity index (χ1) is 7.79. The summed E-state index contributed by atoms with van der Waals surface area (Å²) < 4.78 is 5.04. The van der Waals surface area contributed by atoms with Gasteiger partial charge in [-0.3, -0.25) is 0 Å². The summed E-state index contributed by atoms with van der Waals surface area (Å²) in [5.74, 6) is -1.11. The molecule has 3 N–H and O–H groups in total. The molecule has 0 saturated carbocycles. The zero-order chi connectivity index (χ0) is 13.1. The highest BCUT2D eigenvalue weighted by atomic mass is 16.6. The van der Waals surface area contributed by atoms with Gasteiger partial charge in [-0.2, -0.15) is 0 Å². The molecule has 1 heterocycles. The van der Waals surface area contributed by atoms with Crippen molar-refractivity contribution < 1.29 is 19.4 Å². The maximum absolute atomic E-state index is 11.5. The van der Waals surface area contributed by atoms with Gasteiger partial charge in [-0.1, -0.05) is 0 Å². The molecule has 2 atom stereocenters. The Morgan fingerprint density at radius 2 is 2.12 bits per heavy atom. The Morgan fingerprint density at radius 3 is 2.53 bits per heavy atom. The van der Waals surface area contributed by atoms with Crippen molar-refractivity contribution >= 4 is 12.1 Å². The number of nitrogens with one attached hydrogen (secondary N) is 2. The van der Waals surface area contributed by atoms with Gasteiger partial charge < -0.3 is 20.5 Å². The lowest BCUT2D eigenvalue weighted by Crippen LogP contribution is -2.48. The van der Waals surface area contributed by atoms with Crippen LogP contribution in [0.5, 0.6) is 0 Å². The molecule has 0 radical (unpaired) electrons. The molecule has 98 valence electrons. The zero-order valence-corrected chi connectivity index (χ0v) is 10.4. The summed E-state index contributed by atoms with van der Waals surface area (Å²) in [6.07, 6.45) is 0.0593. The van der Waals surface area contributed by atoms with Crippen LogP contribution in [0.2, 0.25) is 0 Å². The van der Waals surface area contributed by atoms with Crippen molar-refractivity contribution in [1.29, 1.82) is 0 Å². The molecule has 1 aliphatic heterocycles. The van der Waals surface area contributed by atoms with Gasteiger partial charge in [-0.15, -0.1) is 0 Å². The summed E-state index contributed by atoms with van der Waals surface area (Å²) in [6.45, 7) is 6.59. The van der Waals surface area contributed by atoms with Crippen LogP contribution in [-0.2, 0) is 9.53 Å². The largest absolute Gasteiger partial charge is 0.480 e. The summed E-state index contributed by atoms with van der Waals surface area (Å²) in [6, 6.07) is -0.889. The molecule has 0 spiro atoms. The molecule has 0 aromatic carbocycles. The number of carboxylic acids is 1. The number of hydrogen-bond donors (Lipinski definition) is 3. The molecule has 6 heteroatoms. The Bertz CT molecular complexity index is 292. The van der Waals surface area contributed by atoms with Gasteiger partial charge in [-0.25, -0.2) is 9.59 Å². The Hall–Kier alpha value is -1.30. The van der Waals surface area contributed by atoms with Crippen molar-refractivity contribution in [1.82, 2.24) is 10.6 Å². The number of carboxylic acid groups (broad SMARTS) is 1. The van der Waals surface area contributed by atoms with Gasteiger partial charge in [0, 0.05) is 12.5 Å². The summed E-state index contributed by atoms with van der Waals surface area (Å²) >= 11 is 0. The van der Waals surface area contributed by atoms with Gasteiger partial charge in [0.15, 0.2) is 0 Å². The minimum atomic E-state index is -1.02. The van der Waals surface area contributed by atoms with Crippen LogP contribution in [0.3, 0.4) is 0 Å². The highest BCUT2D eigenvalue weighted by molar-refractivity contribution is 5.80. The standard InChI is InChI=1S/C11H20N2O4/c1-11(2,3)17-10(16)13-8(9(14)15)7-4-5-12-6-7/h7-8,12H,4-6H2,1-3H3,(H,13,16)(H,14,15)/t7-,8+/m1/s1. The van der Waals surface area contributed by atoms with E-state index in [2.05, 4.69) is 10.6 Å². The lowest BCUT2D eigenvalue weighted by molar-refractivity contribution is -0.140. The fourth-order valence-electron chi connectivity index (χ4n) is 1.78. The predicted molar refractivity (Wildman–Crippen MR) is 61.8 cm³/mol. The van der Waals surface area contributed by atoms with Crippen molar-refractivity contribution in [3.8, 4) is 0 Å². The first kappa shape index (κ1) is 13.8. The average molecular weight is 244 g/mol. The van der Waals surface area contributed by atoms with Gasteiger partial charge in [0.1, 0.15) is 11.6 Å². The van der Waals surface area contributed by atoms with Crippen molar-refractivity contribution in [2.45, 2.75) is 38.8 Å². The van der Waals surface area contributed by atoms with Gasteiger partial charge in [0.25, 0.3) is 0 Å². The van der Waals surface area contributed by atoms with Crippen LogP contribution in [0, 0.1) is 5.92 Å².